The number of amides is 1. The Balaban J connectivity index is 1.49. The molecular formula is C20H14BrN3OS. The van der Waals surface area contributed by atoms with Crippen molar-refractivity contribution in [3.8, 4) is 10.6 Å². The number of fused-ring (bicyclic) bond motifs is 1. The van der Waals surface area contributed by atoms with E-state index in [1.165, 1.54) is 11.3 Å². The molecule has 0 atom stereocenters. The fraction of sp³-hybridized carbons (Fsp3) is 0.0500. The molecule has 4 rings (SSSR count). The highest BCUT2D eigenvalue weighted by Gasteiger charge is 2.11. The zero-order valence-electron chi connectivity index (χ0n) is 13.6. The van der Waals surface area contributed by atoms with E-state index in [9.17, 15) is 4.79 Å². The summed E-state index contributed by atoms with van der Waals surface area (Å²) in [6, 6.07) is 21.9. The van der Waals surface area contributed by atoms with E-state index in [-0.39, 0.29) is 5.91 Å². The molecule has 1 amide bonds. The van der Waals surface area contributed by atoms with E-state index in [1.54, 1.807) is 0 Å². The Bertz CT molecular complexity index is 1070. The molecule has 0 bridgehead atoms. The predicted molar refractivity (Wildman–Crippen MR) is 109 cm³/mol. The molecule has 4 aromatic rings. The highest BCUT2D eigenvalue weighted by atomic mass is 79.9. The van der Waals surface area contributed by atoms with Crippen LogP contribution in [0.4, 0.5) is 5.13 Å². The molecule has 0 unspecified atom stereocenters. The Kier molecular flexibility index (Phi) is 4.77. The monoisotopic (exact) mass is 423 g/mol. The molecule has 0 radical (unpaired) electrons. The Morgan fingerprint density at radius 1 is 0.962 bits per heavy atom. The molecule has 1 heterocycles. The lowest BCUT2D eigenvalue weighted by molar-refractivity contribution is -0.115. The number of hydrogen-bond donors (Lipinski definition) is 1. The lowest BCUT2D eigenvalue weighted by Gasteiger charge is -2.06. The van der Waals surface area contributed by atoms with Crippen LogP contribution >= 0.6 is 27.3 Å². The van der Waals surface area contributed by atoms with Crippen LogP contribution in [0.15, 0.2) is 71.2 Å². The average molecular weight is 424 g/mol. The maximum Gasteiger partial charge on any atom is 0.230 e. The van der Waals surface area contributed by atoms with E-state index < -0.39 is 0 Å². The minimum absolute atomic E-state index is 0.0974. The van der Waals surface area contributed by atoms with Gasteiger partial charge >= 0.3 is 0 Å². The number of halogens is 1. The van der Waals surface area contributed by atoms with Crippen LogP contribution in [-0.4, -0.2) is 16.1 Å². The lowest BCUT2D eigenvalue weighted by Crippen LogP contribution is -2.14. The fourth-order valence-electron chi connectivity index (χ4n) is 2.77. The summed E-state index contributed by atoms with van der Waals surface area (Å²) in [7, 11) is 0. The first-order valence-corrected chi connectivity index (χ1v) is 9.66. The Hall–Kier alpha value is -2.57. The second kappa shape index (κ2) is 7.35. The lowest BCUT2D eigenvalue weighted by atomic mass is 10.0. The molecule has 0 aliphatic rings. The van der Waals surface area contributed by atoms with Crippen LogP contribution in [0, 0.1) is 0 Å². The average Bonchev–Trinajstić information content (AvgIpc) is 3.11. The van der Waals surface area contributed by atoms with Gasteiger partial charge in [0.1, 0.15) is 5.01 Å². The number of anilines is 1. The van der Waals surface area contributed by atoms with Gasteiger partial charge in [-0.15, -0.1) is 10.2 Å². The first kappa shape index (κ1) is 16.9. The van der Waals surface area contributed by atoms with Gasteiger partial charge in [0.05, 0.1) is 6.42 Å². The number of nitrogens with zero attached hydrogens (tertiary/aromatic N) is 2. The Morgan fingerprint density at radius 3 is 2.58 bits per heavy atom. The van der Waals surface area contributed by atoms with Crippen molar-refractivity contribution in [2.24, 2.45) is 0 Å². The van der Waals surface area contributed by atoms with Gasteiger partial charge in [0.2, 0.25) is 11.0 Å². The van der Waals surface area contributed by atoms with Crippen molar-refractivity contribution < 1.29 is 4.79 Å². The van der Waals surface area contributed by atoms with Gasteiger partial charge in [0.25, 0.3) is 0 Å². The zero-order valence-corrected chi connectivity index (χ0v) is 16.0. The quantitative estimate of drug-likeness (QED) is 0.484. The number of nitrogens with one attached hydrogen (secondary N) is 1. The first-order chi connectivity index (χ1) is 12.7. The number of carbonyl (C=O) groups excluding carboxylic acids is 1. The summed E-state index contributed by atoms with van der Waals surface area (Å²) in [5.74, 6) is -0.0974. The van der Waals surface area contributed by atoms with Crippen molar-refractivity contribution in [2.45, 2.75) is 6.42 Å². The summed E-state index contributed by atoms with van der Waals surface area (Å²) in [5, 5.41) is 14.6. The van der Waals surface area contributed by atoms with Gasteiger partial charge in [0, 0.05) is 10.0 Å². The zero-order chi connectivity index (χ0) is 17.9. The van der Waals surface area contributed by atoms with Gasteiger partial charge < -0.3 is 5.32 Å². The van der Waals surface area contributed by atoms with E-state index in [0.717, 1.165) is 31.4 Å². The number of hydrogen-bond acceptors (Lipinski definition) is 4. The summed E-state index contributed by atoms with van der Waals surface area (Å²) >= 11 is 4.78. The fourth-order valence-corrected chi connectivity index (χ4v) is 3.80. The van der Waals surface area contributed by atoms with Gasteiger partial charge in [-0.25, -0.2) is 0 Å². The SMILES string of the molecule is O=C(Cc1cccc2ccccc12)Nc1nnc(-c2ccc(Br)cc2)s1. The highest BCUT2D eigenvalue weighted by Crippen LogP contribution is 2.27. The molecule has 3 aromatic carbocycles. The number of aromatic nitrogens is 2. The number of rotatable bonds is 4. The maximum absolute atomic E-state index is 12.4. The van der Waals surface area contributed by atoms with Crippen molar-refractivity contribution in [3.05, 3.63) is 76.8 Å². The predicted octanol–water partition coefficient (Wildman–Crippen LogP) is 5.30. The first-order valence-electron chi connectivity index (χ1n) is 8.05. The molecule has 128 valence electrons. The molecule has 26 heavy (non-hydrogen) atoms. The van der Waals surface area contributed by atoms with E-state index in [0.29, 0.717) is 11.6 Å². The second-order valence-corrected chi connectivity index (χ2v) is 7.68. The van der Waals surface area contributed by atoms with Crippen molar-refractivity contribution in [1.29, 1.82) is 0 Å². The molecule has 0 saturated carbocycles. The third-order valence-electron chi connectivity index (χ3n) is 3.99. The van der Waals surface area contributed by atoms with Crippen LogP contribution in [0.25, 0.3) is 21.3 Å². The summed E-state index contributed by atoms with van der Waals surface area (Å²) in [5.41, 5.74) is 1.97. The molecule has 0 fully saturated rings. The molecule has 1 N–H and O–H groups in total. The molecule has 6 heteroatoms. The maximum atomic E-state index is 12.4. The minimum atomic E-state index is -0.0974. The number of carbonyl (C=O) groups is 1. The third-order valence-corrected chi connectivity index (χ3v) is 5.41. The summed E-state index contributed by atoms with van der Waals surface area (Å²) in [6.07, 6.45) is 0.300. The van der Waals surface area contributed by atoms with Gasteiger partial charge in [-0.2, -0.15) is 0 Å². The number of benzene rings is 3. The molecule has 1 aromatic heterocycles. The van der Waals surface area contributed by atoms with Crippen LogP contribution in [0.3, 0.4) is 0 Å². The molecule has 0 aliphatic heterocycles. The van der Waals surface area contributed by atoms with Crippen molar-refractivity contribution in [1.82, 2.24) is 10.2 Å². The normalized spacial score (nSPS) is 10.8. The smallest absolute Gasteiger partial charge is 0.230 e. The topological polar surface area (TPSA) is 54.9 Å². The van der Waals surface area contributed by atoms with Crippen molar-refractivity contribution in [2.75, 3.05) is 5.32 Å². The van der Waals surface area contributed by atoms with E-state index in [2.05, 4.69) is 31.4 Å². The van der Waals surface area contributed by atoms with Crippen LogP contribution in [0.5, 0.6) is 0 Å². The minimum Gasteiger partial charge on any atom is -0.300 e. The highest BCUT2D eigenvalue weighted by molar-refractivity contribution is 9.10. The standard InChI is InChI=1S/C20H14BrN3OS/c21-16-10-8-14(9-11-16)19-23-24-20(26-19)22-18(25)12-15-6-3-5-13-4-1-2-7-17(13)15/h1-11H,12H2,(H,22,24,25). The van der Waals surface area contributed by atoms with E-state index in [4.69, 9.17) is 0 Å². The molecular weight excluding hydrogens is 410 g/mol. The summed E-state index contributed by atoms with van der Waals surface area (Å²) < 4.78 is 1.01. The van der Waals surface area contributed by atoms with Gasteiger partial charge in [-0.3, -0.25) is 4.79 Å². The molecule has 0 spiro atoms. The summed E-state index contributed by atoms with van der Waals surface area (Å²) in [4.78, 5) is 12.4. The van der Waals surface area contributed by atoms with Crippen molar-refractivity contribution >= 4 is 49.1 Å². The van der Waals surface area contributed by atoms with Crippen molar-refractivity contribution in [3.63, 3.8) is 0 Å². The van der Waals surface area contributed by atoms with Crippen LogP contribution in [0.2, 0.25) is 0 Å². The van der Waals surface area contributed by atoms with Crippen LogP contribution in [0.1, 0.15) is 5.56 Å². The van der Waals surface area contributed by atoms with Crippen LogP contribution < -0.4 is 5.32 Å². The van der Waals surface area contributed by atoms with Gasteiger partial charge in [-0.05, 0) is 28.5 Å². The largest absolute Gasteiger partial charge is 0.300 e. The van der Waals surface area contributed by atoms with Crippen LogP contribution in [-0.2, 0) is 11.2 Å². The Morgan fingerprint density at radius 2 is 1.73 bits per heavy atom. The third kappa shape index (κ3) is 3.66. The molecule has 4 nitrogen and oxygen atoms in total. The second-order valence-electron chi connectivity index (χ2n) is 5.78. The van der Waals surface area contributed by atoms with E-state index >= 15 is 0 Å². The van der Waals surface area contributed by atoms with E-state index in [1.807, 2.05) is 66.7 Å². The molecule has 0 aliphatic carbocycles. The van der Waals surface area contributed by atoms with Gasteiger partial charge in [0.15, 0.2) is 0 Å². The summed E-state index contributed by atoms with van der Waals surface area (Å²) in [6.45, 7) is 0. The van der Waals surface area contributed by atoms with Gasteiger partial charge in [-0.1, -0.05) is 81.9 Å². The molecule has 0 saturated heterocycles. The Labute approximate surface area is 163 Å².